The first-order valence-corrected chi connectivity index (χ1v) is 12.4. The predicted octanol–water partition coefficient (Wildman–Crippen LogP) is 3.98. The molecule has 3 rings (SSSR count). The second-order valence-corrected chi connectivity index (χ2v) is 9.93. The first-order chi connectivity index (χ1) is 14.6. The standard InChI is InChI=1S/C23H35N5OS.HI/c1-4-30(29)22-14-8-11-20(16-22)26-23(24-3)25-15-9-10-19-17-28(27-18(19)2)21-12-6-5-7-13-21;/h5-7,12-13,17,20,22H,4,8-11,14-16H2,1-3H3,(H2,24,25,26);1H. The third kappa shape index (κ3) is 7.59. The average molecular weight is 558 g/mol. The van der Waals surface area contributed by atoms with Gasteiger partial charge in [0, 0.05) is 47.6 Å². The molecule has 1 fully saturated rings. The van der Waals surface area contributed by atoms with Gasteiger partial charge >= 0.3 is 0 Å². The molecule has 3 unspecified atom stereocenters. The molecule has 31 heavy (non-hydrogen) atoms. The normalized spacial score (nSPS) is 20.0. The molecular weight excluding hydrogens is 521 g/mol. The van der Waals surface area contributed by atoms with Crippen molar-refractivity contribution in [3.8, 4) is 5.69 Å². The first-order valence-electron chi connectivity index (χ1n) is 11.1. The number of aromatic nitrogens is 2. The summed E-state index contributed by atoms with van der Waals surface area (Å²) < 4.78 is 14.1. The highest BCUT2D eigenvalue weighted by atomic mass is 127. The number of nitrogens with zero attached hydrogens (tertiary/aromatic N) is 3. The Labute approximate surface area is 206 Å². The number of para-hydroxylation sites is 1. The summed E-state index contributed by atoms with van der Waals surface area (Å²) in [5.74, 6) is 1.60. The number of nitrogens with one attached hydrogen (secondary N) is 2. The number of aliphatic imine (C=N–C) groups is 1. The molecule has 6 nitrogen and oxygen atoms in total. The molecule has 1 aromatic carbocycles. The van der Waals surface area contributed by atoms with E-state index in [1.165, 1.54) is 5.56 Å². The fraction of sp³-hybridized carbons (Fsp3) is 0.565. The summed E-state index contributed by atoms with van der Waals surface area (Å²) in [5.41, 5.74) is 3.45. The Morgan fingerprint density at radius 2 is 2.06 bits per heavy atom. The van der Waals surface area contributed by atoms with Gasteiger partial charge in [-0.1, -0.05) is 31.5 Å². The van der Waals surface area contributed by atoms with Gasteiger partial charge in [0.25, 0.3) is 0 Å². The Morgan fingerprint density at radius 1 is 1.29 bits per heavy atom. The molecule has 2 N–H and O–H groups in total. The third-order valence-electron chi connectivity index (χ3n) is 5.78. The van der Waals surface area contributed by atoms with Gasteiger partial charge < -0.3 is 10.6 Å². The van der Waals surface area contributed by atoms with Gasteiger partial charge in [-0.25, -0.2) is 4.68 Å². The highest BCUT2D eigenvalue weighted by molar-refractivity contribution is 14.0. The van der Waals surface area contributed by atoms with Crippen LogP contribution in [-0.2, 0) is 17.2 Å². The maximum atomic E-state index is 12.2. The molecule has 0 amide bonds. The van der Waals surface area contributed by atoms with E-state index in [9.17, 15) is 4.21 Å². The number of guanidine groups is 1. The van der Waals surface area contributed by atoms with E-state index in [-0.39, 0.29) is 24.0 Å². The van der Waals surface area contributed by atoms with E-state index in [1.807, 2.05) is 36.9 Å². The van der Waals surface area contributed by atoms with Gasteiger partial charge in [0.15, 0.2) is 5.96 Å². The number of rotatable bonds is 8. The highest BCUT2D eigenvalue weighted by Gasteiger charge is 2.25. The summed E-state index contributed by atoms with van der Waals surface area (Å²) in [5, 5.41) is 12.0. The van der Waals surface area contributed by atoms with E-state index in [0.29, 0.717) is 11.3 Å². The Kier molecular flexibility index (Phi) is 11.0. The van der Waals surface area contributed by atoms with E-state index < -0.39 is 10.8 Å². The second-order valence-electron chi connectivity index (χ2n) is 7.92. The molecule has 0 aliphatic heterocycles. The van der Waals surface area contributed by atoms with Gasteiger partial charge in [-0.3, -0.25) is 9.20 Å². The minimum absolute atomic E-state index is 0. The van der Waals surface area contributed by atoms with Crippen LogP contribution in [0, 0.1) is 6.92 Å². The molecule has 1 aliphatic rings. The smallest absolute Gasteiger partial charge is 0.191 e. The third-order valence-corrected chi connectivity index (χ3v) is 7.52. The van der Waals surface area contributed by atoms with Crippen molar-refractivity contribution in [2.75, 3.05) is 19.3 Å². The lowest BCUT2D eigenvalue weighted by atomic mass is 9.95. The number of halogens is 1. The zero-order valence-electron chi connectivity index (χ0n) is 18.8. The van der Waals surface area contributed by atoms with E-state index in [0.717, 1.165) is 68.2 Å². The zero-order valence-corrected chi connectivity index (χ0v) is 22.0. The predicted molar refractivity (Wildman–Crippen MR) is 141 cm³/mol. The first kappa shape index (κ1) is 25.8. The van der Waals surface area contributed by atoms with Gasteiger partial charge in [-0.15, -0.1) is 24.0 Å². The Bertz CT molecular complexity index is 855. The van der Waals surface area contributed by atoms with Crippen LogP contribution < -0.4 is 10.6 Å². The average Bonchev–Trinajstić information content (AvgIpc) is 3.16. The van der Waals surface area contributed by atoms with E-state index >= 15 is 0 Å². The maximum Gasteiger partial charge on any atom is 0.191 e. The quantitative estimate of drug-likeness (QED) is 0.223. The molecule has 0 radical (unpaired) electrons. The Morgan fingerprint density at radius 3 is 2.77 bits per heavy atom. The molecule has 3 atom stereocenters. The number of hydrogen-bond donors (Lipinski definition) is 2. The van der Waals surface area contributed by atoms with Crippen LogP contribution in [-0.4, -0.2) is 50.6 Å². The topological polar surface area (TPSA) is 71.3 Å². The van der Waals surface area contributed by atoms with Crippen molar-refractivity contribution in [2.45, 2.75) is 63.7 Å². The zero-order chi connectivity index (χ0) is 21.3. The maximum absolute atomic E-state index is 12.2. The lowest BCUT2D eigenvalue weighted by Gasteiger charge is -2.30. The van der Waals surface area contributed by atoms with Crippen LogP contribution >= 0.6 is 24.0 Å². The van der Waals surface area contributed by atoms with Gasteiger partial charge in [0.05, 0.1) is 11.4 Å². The van der Waals surface area contributed by atoms with Crippen molar-refractivity contribution >= 4 is 40.7 Å². The van der Waals surface area contributed by atoms with E-state index in [1.54, 1.807) is 0 Å². The molecule has 1 heterocycles. The van der Waals surface area contributed by atoms with Crippen molar-refractivity contribution in [1.29, 1.82) is 0 Å². The van der Waals surface area contributed by atoms with Crippen LogP contribution in [0.3, 0.4) is 0 Å². The monoisotopic (exact) mass is 557 g/mol. The van der Waals surface area contributed by atoms with Crippen LogP contribution in [0.5, 0.6) is 0 Å². The molecule has 8 heteroatoms. The fourth-order valence-corrected chi connectivity index (χ4v) is 5.43. The van der Waals surface area contributed by atoms with E-state index in [2.05, 4.69) is 46.0 Å². The van der Waals surface area contributed by atoms with Gasteiger partial charge in [-0.2, -0.15) is 5.10 Å². The van der Waals surface area contributed by atoms with Crippen LogP contribution in [0.4, 0.5) is 0 Å². The molecule has 1 aliphatic carbocycles. The largest absolute Gasteiger partial charge is 0.356 e. The van der Waals surface area contributed by atoms with Gasteiger partial charge in [0.1, 0.15) is 0 Å². The molecule has 2 aromatic rings. The summed E-state index contributed by atoms with van der Waals surface area (Å²) >= 11 is 0. The van der Waals surface area contributed by atoms with Crippen molar-refractivity contribution in [2.24, 2.45) is 4.99 Å². The van der Waals surface area contributed by atoms with Crippen LogP contribution in [0.1, 0.15) is 50.3 Å². The minimum atomic E-state index is -0.701. The van der Waals surface area contributed by atoms with Crippen molar-refractivity contribution in [3.63, 3.8) is 0 Å². The summed E-state index contributed by atoms with van der Waals surface area (Å²) in [6.07, 6.45) is 8.43. The number of hydrogen-bond acceptors (Lipinski definition) is 3. The second kappa shape index (κ2) is 13.2. The Balaban J connectivity index is 0.00000341. The molecule has 172 valence electrons. The molecule has 0 saturated heterocycles. The number of aryl methyl sites for hydroxylation is 2. The SMILES string of the molecule is CCS(=O)C1CCCC(NC(=NC)NCCCc2cn(-c3ccccc3)nc2C)C1.I. The van der Waals surface area contributed by atoms with Crippen LogP contribution in [0.15, 0.2) is 41.5 Å². The van der Waals surface area contributed by atoms with Crippen molar-refractivity contribution < 1.29 is 4.21 Å². The lowest BCUT2D eigenvalue weighted by molar-refractivity contribution is 0.413. The summed E-state index contributed by atoms with van der Waals surface area (Å²) in [7, 11) is 1.11. The lowest BCUT2D eigenvalue weighted by Crippen LogP contribution is -2.46. The van der Waals surface area contributed by atoms with Crippen molar-refractivity contribution in [3.05, 3.63) is 47.8 Å². The van der Waals surface area contributed by atoms with Gasteiger partial charge in [-0.05, 0) is 56.7 Å². The van der Waals surface area contributed by atoms with Gasteiger partial charge in [0.2, 0.25) is 0 Å². The number of benzene rings is 1. The Hall–Kier alpha value is -1.42. The molecular formula is C23H36IN5OS. The van der Waals surface area contributed by atoms with E-state index in [4.69, 9.17) is 0 Å². The van der Waals surface area contributed by atoms with Crippen LogP contribution in [0.2, 0.25) is 0 Å². The minimum Gasteiger partial charge on any atom is -0.356 e. The summed E-state index contributed by atoms with van der Waals surface area (Å²) in [6.45, 7) is 4.94. The fourth-order valence-electron chi connectivity index (χ4n) is 4.08. The summed E-state index contributed by atoms with van der Waals surface area (Å²) in [4.78, 5) is 4.38. The molecule has 1 saturated carbocycles. The molecule has 1 aromatic heterocycles. The molecule has 0 bridgehead atoms. The van der Waals surface area contributed by atoms with Crippen molar-refractivity contribution in [1.82, 2.24) is 20.4 Å². The summed E-state index contributed by atoms with van der Waals surface area (Å²) in [6, 6.07) is 10.6. The van der Waals surface area contributed by atoms with Crippen LogP contribution in [0.25, 0.3) is 5.69 Å². The highest BCUT2D eigenvalue weighted by Crippen LogP contribution is 2.23. The molecule has 0 spiro atoms.